The molecule has 5 atom stereocenters. The maximum Gasteiger partial charge on any atom is 0.118 e. The fraction of sp³-hybridized carbons (Fsp3) is 0.362. The summed E-state index contributed by atoms with van der Waals surface area (Å²) in [4.78, 5) is 0. The van der Waals surface area contributed by atoms with E-state index in [1.165, 1.54) is 27.8 Å². The van der Waals surface area contributed by atoms with Crippen LogP contribution in [0.25, 0.3) is 0 Å². The zero-order chi connectivity index (χ0) is 36.9. The van der Waals surface area contributed by atoms with Crippen molar-refractivity contribution in [1.82, 2.24) is 0 Å². The van der Waals surface area contributed by atoms with Crippen LogP contribution in [0.1, 0.15) is 103 Å². The molecule has 0 radical (unpaired) electrons. The first-order valence-corrected chi connectivity index (χ1v) is 18.6. The van der Waals surface area contributed by atoms with Gasteiger partial charge in [0.15, 0.2) is 0 Å². The highest BCUT2D eigenvalue weighted by Gasteiger charge is 2.28. The van der Waals surface area contributed by atoms with Crippen molar-refractivity contribution in [2.75, 3.05) is 35.5 Å². The van der Waals surface area contributed by atoms with E-state index in [0.717, 1.165) is 60.9 Å². The molecule has 5 rings (SSSR count). The van der Waals surface area contributed by atoms with Crippen molar-refractivity contribution in [1.29, 1.82) is 0 Å². The minimum absolute atomic E-state index is 0.293. The topological polar surface area (TPSA) is 46.2 Å². The maximum absolute atomic E-state index is 5.60. The van der Waals surface area contributed by atoms with E-state index in [1.54, 1.807) is 35.5 Å². The monoisotopic (exact) mass is 700 g/mol. The van der Waals surface area contributed by atoms with Crippen LogP contribution in [0.5, 0.6) is 28.7 Å². The molecular formula is C47H56O5. The van der Waals surface area contributed by atoms with Crippen molar-refractivity contribution in [3.8, 4) is 28.7 Å². The molecule has 274 valence electrons. The van der Waals surface area contributed by atoms with Crippen LogP contribution in [0.3, 0.4) is 0 Å². The molecule has 0 amide bonds. The highest BCUT2D eigenvalue weighted by atomic mass is 16.5. The largest absolute Gasteiger partial charge is 0.497 e. The fourth-order valence-electron chi connectivity index (χ4n) is 7.67. The van der Waals surface area contributed by atoms with E-state index in [-0.39, 0.29) is 0 Å². The van der Waals surface area contributed by atoms with Gasteiger partial charge >= 0.3 is 0 Å². The van der Waals surface area contributed by atoms with Crippen molar-refractivity contribution in [3.05, 3.63) is 149 Å². The standard InChI is InChI=1S/C47H56O5/c1-8-34(36-11-21-44(49-4)22-12-36)30-41(38-15-25-46(51-6)26-16-38)32-42(39-17-27-47(52-7)28-18-39)31-40(37-13-23-45(50-5)24-14-37)29-33(2)35-9-19-43(48-3)20-10-35/h9-28,33-34,40-42H,8,29-32H2,1-7H3. The normalized spacial score (nSPS) is 14.1. The van der Waals surface area contributed by atoms with Gasteiger partial charge in [0.25, 0.3) is 0 Å². The average Bonchev–Trinajstić information content (AvgIpc) is 3.21. The van der Waals surface area contributed by atoms with E-state index in [0.29, 0.717) is 29.6 Å². The summed E-state index contributed by atoms with van der Waals surface area (Å²) in [6.45, 7) is 4.66. The minimum atomic E-state index is 0.293. The second-order valence-corrected chi connectivity index (χ2v) is 13.9. The van der Waals surface area contributed by atoms with Gasteiger partial charge in [0, 0.05) is 0 Å². The van der Waals surface area contributed by atoms with Crippen molar-refractivity contribution >= 4 is 0 Å². The summed E-state index contributed by atoms with van der Waals surface area (Å²) in [5, 5.41) is 0. The molecule has 0 heterocycles. The van der Waals surface area contributed by atoms with Gasteiger partial charge in [-0.15, -0.1) is 0 Å². The van der Waals surface area contributed by atoms with Gasteiger partial charge in [-0.2, -0.15) is 0 Å². The number of rotatable bonds is 19. The highest BCUT2D eigenvalue weighted by Crippen LogP contribution is 2.45. The third-order valence-electron chi connectivity index (χ3n) is 10.9. The Morgan fingerprint density at radius 2 is 0.558 bits per heavy atom. The molecule has 5 aromatic rings. The SMILES string of the molecule is CCC(CC(CC(CC(CC(C)c1ccc(OC)cc1)c1ccc(OC)cc1)c1ccc(OC)cc1)c1ccc(OC)cc1)c1ccc(OC)cc1. The molecule has 0 saturated carbocycles. The van der Waals surface area contributed by atoms with Gasteiger partial charge in [0.05, 0.1) is 35.5 Å². The molecule has 0 N–H and O–H groups in total. The van der Waals surface area contributed by atoms with E-state index < -0.39 is 0 Å². The molecule has 0 spiro atoms. The van der Waals surface area contributed by atoms with E-state index >= 15 is 0 Å². The smallest absolute Gasteiger partial charge is 0.118 e. The van der Waals surface area contributed by atoms with Crippen LogP contribution in [0.2, 0.25) is 0 Å². The number of hydrogen-bond acceptors (Lipinski definition) is 5. The lowest BCUT2D eigenvalue weighted by Gasteiger charge is -2.31. The molecule has 0 bridgehead atoms. The zero-order valence-electron chi connectivity index (χ0n) is 32.0. The summed E-state index contributed by atoms with van der Waals surface area (Å²) >= 11 is 0. The second-order valence-electron chi connectivity index (χ2n) is 13.9. The van der Waals surface area contributed by atoms with Crippen LogP contribution < -0.4 is 23.7 Å². The lowest BCUT2D eigenvalue weighted by atomic mass is 9.73. The number of methoxy groups -OCH3 is 5. The quantitative estimate of drug-likeness (QED) is 0.0858. The first-order valence-electron chi connectivity index (χ1n) is 18.6. The molecule has 0 aromatic heterocycles. The van der Waals surface area contributed by atoms with Gasteiger partial charge in [-0.3, -0.25) is 0 Å². The van der Waals surface area contributed by atoms with Crippen molar-refractivity contribution in [3.63, 3.8) is 0 Å². The molecule has 0 saturated heterocycles. The molecule has 5 aromatic carbocycles. The van der Waals surface area contributed by atoms with Crippen LogP contribution in [-0.2, 0) is 0 Å². The zero-order valence-corrected chi connectivity index (χ0v) is 32.0. The summed E-state index contributed by atoms with van der Waals surface area (Å²) < 4.78 is 27.7. The summed E-state index contributed by atoms with van der Waals surface area (Å²) in [5.41, 5.74) is 6.70. The molecule has 52 heavy (non-hydrogen) atoms. The summed E-state index contributed by atoms with van der Waals surface area (Å²) in [5.74, 6) is 6.08. The Morgan fingerprint density at radius 3 is 0.827 bits per heavy atom. The van der Waals surface area contributed by atoms with Crippen molar-refractivity contribution in [2.45, 2.75) is 75.5 Å². The molecule has 0 aliphatic rings. The molecule has 0 aliphatic carbocycles. The van der Waals surface area contributed by atoms with Gasteiger partial charge in [-0.05, 0) is 150 Å². The van der Waals surface area contributed by atoms with Crippen LogP contribution in [0, 0.1) is 0 Å². The third-order valence-corrected chi connectivity index (χ3v) is 10.9. The second kappa shape index (κ2) is 19.1. The van der Waals surface area contributed by atoms with Crippen LogP contribution in [-0.4, -0.2) is 35.5 Å². The lowest BCUT2D eigenvalue weighted by Crippen LogP contribution is -2.15. The number of hydrogen-bond donors (Lipinski definition) is 0. The van der Waals surface area contributed by atoms with E-state index in [1.807, 2.05) is 0 Å². The van der Waals surface area contributed by atoms with E-state index in [2.05, 4.69) is 135 Å². The van der Waals surface area contributed by atoms with Gasteiger partial charge in [0.2, 0.25) is 0 Å². The minimum Gasteiger partial charge on any atom is -0.497 e. The van der Waals surface area contributed by atoms with Crippen molar-refractivity contribution < 1.29 is 23.7 Å². The van der Waals surface area contributed by atoms with E-state index in [4.69, 9.17) is 23.7 Å². The molecule has 5 nitrogen and oxygen atoms in total. The summed E-state index contributed by atoms with van der Waals surface area (Å²) in [7, 11) is 8.64. The van der Waals surface area contributed by atoms with Gasteiger partial charge in [-0.1, -0.05) is 74.5 Å². The molecule has 0 aliphatic heterocycles. The molecular weight excluding hydrogens is 645 g/mol. The molecule has 0 fully saturated rings. The third kappa shape index (κ3) is 10.1. The van der Waals surface area contributed by atoms with Gasteiger partial charge in [-0.25, -0.2) is 0 Å². The Hall–Kier alpha value is -4.90. The van der Waals surface area contributed by atoms with Gasteiger partial charge < -0.3 is 23.7 Å². The Morgan fingerprint density at radius 1 is 0.327 bits per heavy atom. The fourth-order valence-corrected chi connectivity index (χ4v) is 7.67. The average molecular weight is 701 g/mol. The Labute approximate surface area is 311 Å². The number of benzene rings is 5. The Balaban J connectivity index is 1.53. The van der Waals surface area contributed by atoms with Crippen LogP contribution in [0.15, 0.2) is 121 Å². The summed E-state index contributed by atoms with van der Waals surface area (Å²) in [6.07, 6.45) is 5.12. The molecule has 5 heteroatoms. The van der Waals surface area contributed by atoms with Crippen molar-refractivity contribution in [2.24, 2.45) is 0 Å². The predicted octanol–water partition coefficient (Wildman–Crippen LogP) is 11.9. The van der Waals surface area contributed by atoms with Crippen LogP contribution >= 0.6 is 0 Å². The Kier molecular flexibility index (Phi) is 14.1. The van der Waals surface area contributed by atoms with E-state index in [9.17, 15) is 0 Å². The van der Waals surface area contributed by atoms with Crippen LogP contribution in [0.4, 0.5) is 0 Å². The first-order chi connectivity index (χ1) is 25.4. The number of ether oxygens (including phenoxy) is 5. The lowest BCUT2D eigenvalue weighted by molar-refractivity contribution is 0.399. The first kappa shape index (κ1) is 38.3. The highest BCUT2D eigenvalue weighted by molar-refractivity contribution is 5.36. The predicted molar refractivity (Wildman–Crippen MR) is 213 cm³/mol. The van der Waals surface area contributed by atoms with Gasteiger partial charge in [0.1, 0.15) is 28.7 Å². The summed E-state index contributed by atoms with van der Waals surface area (Å²) in [6, 6.07) is 43.4. The maximum atomic E-state index is 5.60. The molecule has 5 unspecified atom stereocenters. The Bertz CT molecular complexity index is 1750.